The van der Waals surface area contributed by atoms with Crippen molar-refractivity contribution in [3.05, 3.63) is 158 Å². The standard InChI is InChI=1S/C36H27BNO2/c39-37-40-34-25-23-33(24-26-34)38(36-14-8-7-13-35(36)31-11-5-2-6-12-31)32-21-19-30(20-22-32)29-17-15-28(16-18-29)27-9-3-1-4-10-27/h1-26,39H/i1D,3D,4D,9D,10D. The Bertz CT molecular complexity index is 1920. The van der Waals surface area contributed by atoms with E-state index in [1.165, 1.54) is 0 Å². The number of rotatable bonds is 8. The van der Waals surface area contributed by atoms with E-state index in [2.05, 4.69) is 29.2 Å². The predicted octanol–water partition coefficient (Wildman–Crippen LogP) is 9.06. The quantitative estimate of drug-likeness (QED) is 0.203. The Morgan fingerprint density at radius 1 is 0.525 bits per heavy atom. The van der Waals surface area contributed by atoms with Crippen LogP contribution in [0.3, 0.4) is 0 Å². The van der Waals surface area contributed by atoms with Gasteiger partial charge in [-0.1, -0.05) is 115 Å². The summed E-state index contributed by atoms with van der Waals surface area (Å²) in [4.78, 5) is 2.17. The van der Waals surface area contributed by atoms with E-state index < -0.39 is 6.04 Å². The fourth-order valence-corrected chi connectivity index (χ4v) is 4.72. The van der Waals surface area contributed by atoms with Gasteiger partial charge in [-0.15, -0.1) is 0 Å². The zero-order valence-corrected chi connectivity index (χ0v) is 21.5. The molecule has 0 aromatic heterocycles. The number of benzene rings is 6. The molecule has 0 saturated carbocycles. The molecule has 0 aliphatic carbocycles. The van der Waals surface area contributed by atoms with Crippen LogP contribution < -0.4 is 9.55 Å². The molecule has 1 N–H and O–H groups in total. The molecule has 6 aromatic rings. The van der Waals surface area contributed by atoms with Crippen molar-refractivity contribution in [1.82, 2.24) is 0 Å². The summed E-state index contributed by atoms with van der Waals surface area (Å²) in [6.45, 7) is 0. The van der Waals surface area contributed by atoms with Crippen LogP contribution in [-0.4, -0.2) is 12.7 Å². The van der Waals surface area contributed by atoms with Gasteiger partial charge in [0.15, 0.2) is 0 Å². The number of para-hydroxylation sites is 1. The third-order valence-corrected chi connectivity index (χ3v) is 6.65. The molecule has 0 aliphatic heterocycles. The van der Waals surface area contributed by atoms with Crippen LogP contribution in [0, 0.1) is 0 Å². The monoisotopic (exact) mass is 521 g/mol. The van der Waals surface area contributed by atoms with E-state index in [1.807, 2.05) is 78.9 Å². The molecule has 191 valence electrons. The Kier molecular flexibility index (Phi) is 5.87. The largest absolute Gasteiger partial charge is 0.569 e. The van der Waals surface area contributed by atoms with Gasteiger partial charge in [0.1, 0.15) is 5.75 Å². The van der Waals surface area contributed by atoms with E-state index in [0.717, 1.165) is 39.3 Å². The lowest BCUT2D eigenvalue weighted by Crippen LogP contribution is -2.11. The van der Waals surface area contributed by atoms with Gasteiger partial charge in [-0.2, -0.15) is 0 Å². The maximum Gasteiger partial charge on any atom is 0.569 e. The minimum absolute atomic E-state index is 0.184. The Morgan fingerprint density at radius 2 is 1.05 bits per heavy atom. The molecule has 1 radical (unpaired) electrons. The summed E-state index contributed by atoms with van der Waals surface area (Å²) in [7, 11) is 0.660. The van der Waals surface area contributed by atoms with Crippen LogP contribution in [0.25, 0.3) is 33.4 Å². The van der Waals surface area contributed by atoms with Crippen molar-refractivity contribution in [1.29, 1.82) is 0 Å². The van der Waals surface area contributed by atoms with Crippen molar-refractivity contribution in [2.75, 3.05) is 4.90 Å². The molecule has 0 saturated heterocycles. The maximum atomic E-state index is 9.07. The first-order valence-corrected chi connectivity index (χ1v) is 12.8. The molecule has 0 bridgehead atoms. The molecule has 40 heavy (non-hydrogen) atoms. The molecule has 0 unspecified atom stereocenters. The van der Waals surface area contributed by atoms with E-state index in [0.29, 0.717) is 19.0 Å². The van der Waals surface area contributed by atoms with Gasteiger partial charge < -0.3 is 14.6 Å². The van der Waals surface area contributed by atoms with Crippen LogP contribution in [-0.2, 0) is 0 Å². The van der Waals surface area contributed by atoms with Gasteiger partial charge in [-0.3, -0.25) is 0 Å². The van der Waals surface area contributed by atoms with Crippen LogP contribution in [0.5, 0.6) is 5.75 Å². The first-order valence-electron chi connectivity index (χ1n) is 15.3. The Hall–Kier alpha value is -5.06. The highest BCUT2D eigenvalue weighted by molar-refractivity contribution is 6.17. The van der Waals surface area contributed by atoms with Gasteiger partial charge in [0, 0.05) is 16.9 Å². The SMILES string of the molecule is [2H]c1c([2H])c([2H])c(-c2ccc(-c3ccc(N(c4ccc(O[B]O)cc4)c4ccccc4-c4ccccc4)cc3)cc2)c([2H])c1[2H]. The number of hydrogen-bond donors (Lipinski definition) is 1. The van der Waals surface area contributed by atoms with Crippen molar-refractivity contribution in [3.8, 4) is 39.1 Å². The second-order valence-corrected chi connectivity index (χ2v) is 9.06. The molecule has 6 aromatic carbocycles. The highest BCUT2D eigenvalue weighted by Crippen LogP contribution is 2.41. The summed E-state index contributed by atoms with van der Waals surface area (Å²) in [6, 6.07) is 39.9. The van der Waals surface area contributed by atoms with Crippen molar-refractivity contribution < 1.29 is 16.5 Å². The molecule has 0 atom stereocenters. The van der Waals surface area contributed by atoms with Gasteiger partial charge in [-0.25, -0.2) is 0 Å². The Balaban J connectivity index is 1.38. The molecular formula is C36H27BNO2. The summed E-state index contributed by atoms with van der Waals surface area (Å²) in [5.41, 5.74) is 7.60. The third kappa shape index (κ3) is 5.39. The summed E-state index contributed by atoms with van der Waals surface area (Å²) >= 11 is 0. The lowest BCUT2D eigenvalue weighted by molar-refractivity contribution is 0.454. The van der Waals surface area contributed by atoms with E-state index >= 15 is 0 Å². The minimum atomic E-state index is -0.404. The number of anilines is 3. The molecule has 0 heterocycles. The lowest BCUT2D eigenvalue weighted by Gasteiger charge is -2.28. The van der Waals surface area contributed by atoms with Crippen molar-refractivity contribution in [2.45, 2.75) is 0 Å². The molecule has 6 rings (SSSR count). The fraction of sp³-hybridized carbons (Fsp3) is 0. The molecule has 0 fully saturated rings. The van der Waals surface area contributed by atoms with E-state index in [1.54, 1.807) is 24.3 Å². The van der Waals surface area contributed by atoms with Crippen LogP contribution in [0.1, 0.15) is 6.85 Å². The summed E-state index contributed by atoms with van der Waals surface area (Å²) in [6.07, 6.45) is 0. The normalized spacial score (nSPS) is 12.4. The van der Waals surface area contributed by atoms with Gasteiger partial charge in [-0.05, 0) is 70.3 Å². The smallest absolute Gasteiger partial charge is 0.537 e. The third-order valence-electron chi connectivity index (χ3n) is 6.65. The predicted molar refractivity (Wildman–Crippen MR) is 166 cm³/mol. The molecule has 4 heteroatoms. The second kappa shape index (κ2) is 11.8. The molecule has 0 aliphatic rings. The van der Waals surface area contributed by atoms with Crippen LogP contribution in [0.15, 0.2) is 158 Å². The summed E-state index contributed by atoms with van der Waals surface area (Å²) < 4.78 is 45.6. The van der Waals surface area contributed by atoms with Crippen LogP contribution in [0.2, 0.25) is 0 Å². The number of hydrogen-bond acceptors (Lipinski definition) is 3. The zero-order valence-electron chi connectivity index (χ0n) is 26.5. The summed E-state index contributed by atoms with van der Waals surface area (Å²) in [5.74, 6) is 0.514. The lowest BCUT2D eigenvalue weighted by atomic mass is 9.99. The van der Waals surface area contributed by atoms with E-state index in [4.69, 9.17) is 16.5 Å². The highest BCUT2D eigenvalue weighted by atomic mass is 16.5. The number of nitrogens with zero attached hydrogens (tertiary/aromatic N) is 1. The first-order chi connectivity index (χ1) is 21.9. The average molecular weight is 521 g/mol. The van der Waals surface area contributed by atoms with Crippen molar-refractivity contribution in [2.24, 2.45) is 0 Å². The van der Waals surface area contributed by atoms with E-state index in [-0.39, 0.29) is 29.7 Å². The van der Waals surface area contributed by atoms with Gasteiger partial charge in [0.2, 0.25) is 0 Å². The minimum Gasteiger partial charge on any atom is -0.537 e. The zero-order chi connectivity index (χ0) is 31.5. The van der Waals surface area contributed by atoms with Crippen LogP contribution in [0.4, 0.5) is 17.1 Å². The molecular weight excluding hydrogens is 489 g/mol. The Morgan fingerprint density at radius 3 is 1.68 bits per heavy atom. The second-order valence-electron chi connectivity index (χ2n) is 9.06. The topological polar surface area (TPSA) is 32.7 Å². The van der Waals surface area contributed by atoms with Gasteiger partial charge >= 0.3 is 7.69 Å². The van der Waals surface area contributed by atoms with Crippen LogP contribution >= 0.6 is 0 Å². The average Bonchev–Trinajstić information content (AvgIpc) is 3.09. The van der Waals surface area contributed by atoms with Crippen molar-refractivity contribution in [3.63, 3.8) is 0 Å². The van der Waals surface area contributed by atoms with E-state index in [9.17, 15) is 0 Å². The highest BCUT2D eigenvalue weighted by Gasteiger charge is 2.17. The molecule has 0 amide bonds. The maximum absolute atomic E-state index is 9.07. The first kappa shape index (κ1) is 19.9. The van der Waals surface area contributed by atoms with Gasteiger partial charge in [0.05, 0.1) is 12.5 Å². The Labute approximate surface area is 242 Å². The summed E-state index contributed by atoms with van der Waals surface area (Å²) in [5, 5.41) is 9.07. The van der Waals surface area contributed by atoms with Crippen molar-refractivity contribution >= 4 is 24.7 Å². The fourth-order valence-electron chi connectivity index (χ4n) is 4.72. The van der Waals surface area contributed by atoms with Gasteiger partial charge in [0.25, 0.3) is 0 Å². The molecule has 3 nitrogen and oxygen atoms in total. The molecule has 0 spiro atoms.